The molecule has 0 spiro atoms. The Morgan fingerprint density at radius 1 is 0.897 bits per heavy atom. The lowest BCUT2D eigenvalue weighted by Crippen LogP contribution is -2.12. The highest BCUT2D eigenvalue weighted by molar-refractivity contribution is 5.89. The largest absolute Gasteiger partial charge is 0.477 e. The Bertz CT molecular complexity index is 871. The summed E-state index contributed by atoms with van der Waals surface area (Å²) in [6, 6.07) is 0. The average molecular weight is 404 g/mol. The van der Waals surface area contributed by atoms with Gasteiger partial charge in [0.05, 0.1) is 6.61 Å². The highest BCUT2D eigenvalue weighted by Gasteiger charge is 2.29. The molecule has 0 bridgehead atoms. The molecule has 0 saturated heterocycles. The Labute approximate surface area is 169 Å². The highest BCUT2D eigenvalue weighted by Crippen LogP contribution is 2.36. The van der Waals surface area contributed by atoms with Gasteiger partial charge in [0, 0.05) is 24.2 Å². The van der Waals surface area contributed by atoms with E-state index in [1.54, 1.807) is 13.8 Å². The van der Waals surface area contributed by atoms with Gasteiger partial charge < -0.3 is 24.9 Å². The molecule has 0 aromatic carbocycles. The summed E-state index contributed by atoms with van der Waals surface area (Å²) in [6.45, 7) is 8.86. The number of hydrogen-bond acceptors (Lipinski definition) is 4. The first-order valence-electron chi connectivity index (χ1n) is 9.66. The van der Waals surface area contributed by atoms with E-state index in [0.717, 1.165) is 11.1 Å². The zero-order valence-electron chi connectivity index (χ0n) is 17.4. The molecule has 158 valence electrons. The summed E-state index contributed by atoms with van der Waals surface area (Å²) in [5.41, 5.74) is 4.73. The second kappa shape index (κ2) is 8.98. The van der Waals surface area contributed by atoms with Crippen LogP contribution in [0, 0.1) is 13.8 Å². The molecule has 2 heterocycles. The van der Waals surface area contributed by atoms with E-state index in [2.05, 4.69) is 9.97 Å². The van der Waals surface area contributed by atoms with E-state index in [-0.39, 0.29) is 23.9 Å². The van der Waals surface area contributed by atoms with Crippen LogP contribution >= 0.6 is 0 Å². The third kappa shape index (κ3) is 4.36. The van der Waals surface area contributed by atoms with Crippen LogP contribution in [0.4, 0.5) is 0 Å². The fraction of sp³-hybridized carbons (Fsp3) is 0.476. The number of hydrogen-bond donors (Lipinski definition) is 4. The van der Waals surface area contributed by atoms with Crippen LogP contribution in [0.1, 0.15) is 87.7 Å². The summed E-state index contributed by atoms with van der Waals surface area (Å²) in [5.74, 6) is -2.87. The van der Waals surface area contributed by atoms with Crippen LogP contribution in [0.25, 0.3) is 0 Å². The summed E-state index contributed by atoms with van der Waals surface area (Å²) < 4.78 is 5.13. The molecule has 0 aliphatic heterocycles. The van der Waals surface area contributed by atoms with Crippen molar-refractivity contribution in [3.63, 3.8) is 0 Å². The number of ether oxygens (including phenoxy) is 1. The molecule has 2 aromatic rings. The molecule has 8 heteroatoms. The minimum atomic E-state index is -1.05. The minimum absolute atomic E-state index is 0.120. The van der Waals surface area contributed by atoms with Gasteiger partial charge >= 0.3 is 17.9 Å². The highest BCUT2D eigenvalue weighted by atomic mass is 16.5. The van der Waals surface area contributed by atoms with Gasteiger partial charge in [-0.15, -0.1) is 0 Å². The molecule has 2 rings (SSSR count). The smallest absolute Gasteiger partial charge is 0.352 e. The van der Waals surface area contributed by atoms with Gasteiger partial charge in [0.2, 0.25) is 0 Å². The first-order valence-corrected chi connectivity index (χ1v) is 9.66. The molecule has 0 amide bonds. The van der Waals surface area contributed by atoms with Crippen molar-refractivity contribution in [1.29, 1.82) is 0 Å². The molecule has 0 fully saturated rings. The molecular formula is C21H28N2O6. The van der Waals surface area contributed by atoms with Crippen molar-refractivity contribution in [3.05, 3.63) is 45.0 Å². The zero-order valence-corrected chi connectivity index (χ0v) is 17.4. The number of aromatic carboxylic acids is 2. The predicted octanol–water partition coefficient (Wildman–Crippen LogP) is 3.57. The van der Waals surface area contributed by atoms with Gasteiger partial charge in [0.15, 0.2) is 0 Å². The molecule has 0 aliphatic rings. The normalized spacial score (nSPS) is 11.1. The van der Waals surface area contributed by atoms with Crippen LogP contribution in [-0.4, -0.2) is 44.7 Å². The first kappa shape index (κ1) is 22.3. The van der Waals surface area contributed by atoms with E-state index < -0.39 is 17.9 Å². The number of H-pyrrole nitrogens is 2. The minimum Gasteiger partial charge on any atom is -0.477 e. The number of aromatic nitrogens is 2. The number of carbonyl (C=O) groups excluding carboxylic acids is 1. The summed E-state index contributed by atoms with van der Waals surface area (Å²) >= 11 is 0. The molecule has 0 saturated carbocycles. The van der Waals surface area contributed by atoms with Gasteiger partial charge in [-0.05, 0) is 55.4 Å². The molecule has 0 aliphatic carbocycles. The summed E-state index contributed by atoms with van der Waals surface area (Å²) in [4.78, 5) is 40.6. The van der Waals surface area contributed by atoms with E-state index in [9.17, 15) is 24.6 Å². The lowest BCUT2D eigenvalue weighted by atomic mass is 9.89. The number of carbonyl (C=O) groups is 3. The molecule has 0 unspecified atom stereocenters. The van der Waals surface area contributed by atoms with Gasteiger partial charge in [0.1, 0.15) is 11.4 Å². The van der Waals surface area contributed by atoms with Crippen molar-refractivity contribution in [2.45, 2.75) is 59.8 Å². The summed E-state index contributed by atoms with van der Waals surface area (Å²) in [5, 5.41) is 19.1. The number of carboxylic acid groups (broad SMARTS) is 2. The lowest BCUT2D eigenvalue weighted by molar-refractivity contribution is -0.141. The van der Waals surface area contributed by atoms with Gasteiger partial charge in [-0.25, -0.2) is 9.59 Å². The standard InChI is InChI=1S/C21H28N2O6/c1-6-13-10(3)16(20(25)26)22-18(13)15(8-9-29-12(5)24)19-14(7-2)11(4)17(23-19)21(27)28/h15,22-23H,6-9H2,1-5H3,(H,25,26)(H,27,28). The van der Waals surface area contributed by atoms with Crippen LogP contribution in [0.2, 0.25) is 0 Å². The van der Waals surface area contributed by atoms with Crippen molar-refractivity contribution in [3.8, 4) is 0 Å². The zero-order chi connectivity index (χ0) is 21.9. The van der Waals surface area contributed by atoms with Crippen molar-refractivity contribution in [2.75, 3.05) is 6.61 Å². The maximum Gasteiger partial charge on any atom is 0.352 e. The van der Waals surface area contributed by atoms with Crippen LogP contribution in [-0.2, 0) is 22.4 Å². The fourth-order valence-corrected chi connectivity index (χ4v) is 4.00. The maximum absolute atomic E-state index is 11.7. The number of aromatic amines is 2. The Morgan fingerprint density at radius 3 is 1.62 bits per heavy atom. The van der Waals surface area contributed by atoms with Crippen molar-refractivity contribution >= 4 is 17.9 Å². The van der Waals surface area contributed by atoms with E-state index in [0.29, 0.717) is 41.8 Å². The maximum atomic E-state index is 11.7. The van der Waals surface area contributed by atoms with E-state index in [1.807, 2.05) is 13.8 Å². The predicted molar refractivity (Wildman–Crippen MR) is 107 cm³/mol. The second-order valence-electron chi connectivity index (χ2n) is 7.03. The van der Waals surface area contributed by atoms with Gasteiger partial charge in [0.25, 0.3) is 0 Å². The number of nitrogens with one attached hydrogen (secondary N) is 2. The fourth-order valence-electron chi connectivity index (χ4n) is 4.00. The van der Waals surface area contributed by atoms with Gasteiger partial charge in [-0.1, -0.05) is 13.8 Å². The Balaban J connectivity index is 2.68. The Kier molecular flexibility index (Phi) is 6.89. The molecule has 0 radical (unpaired) electrons. The van der Waals surface area contributed by atoms with E-state index in [1.165, 1.54) is 6.92 Å². The van der Waals surface area contributed by atoms with Crippen LogP contribution in [0.3, 0.4) is 0 Å². The molecule has 2 aromatic heterocycles. The summed E-state index contributed by atoms with van der Waals surface area (Å²) in [7, 11) is 0. The molecular weight excluding hydrogens is 376 g/mol. The SMILES string of the molecule is CCc1c(C(CCOC(C)=O)c2[nH]c(C(=O)O)c(C)c2CC)[nH]c(C(=O)O)c1C. The third-order valence-corrected chi connectivity index (χ3v) is 5.37. The topological polar surface area (TPSA) is 132 Å². The average Bonchev–Trinajstić information content (AvgIpc) is 3.15. The van der Waals surface area contributed by atoms with Gasteiger partial charge in [-0.3, -0.25) is 4.79 Å². The van der Waals surface area contributed by atoms with Crippen molar-refractivity contribution in [2.24, 2.45) is 0 Å². The molecule has 29 heavy (non-hydrogen) atoms. The monoisotopic (exact) mass is 404 g/mol. The molecule has 4 N–H and O–H groups in total. The quantitative estimate of drug-likeness (QED) is 0.472. The number of esters is 1. The van der Waals surface area contributed by atoms with Crippen molar-refractivity contribution in [1.82, 2.24) is 9.97 Å². The van der Waals surface area contributed by atoms with Crippen molar-refractivity contribution < 1.29 is 29.3 Å². The van der Waals surface area contributed by atoms with Crippen LogP contribution in [0.5, 0.6) is 0 Å². The Hall–Kier alpha value is -3.03. The van der Waals surface area contributed by atoms with E-state index in [4.69, 9.17) is 4.74 Å². The number of rotatable bonds is 9. The lowest BCUT2D eigenvalue weighted by Gasteiger charge is -2.19. The van der Waals surface area contributed by atoms with Crippen LogP contribution in [0.15, 0.2) is 0 Å². The van der Waals surface area contributed by atoms with Gasteiger partial charge in [-0.2, -0.15) is 0 Å². The summed E-state index contributed by atoms with van der Waals surface area (Å²) in [6.07, 6.45) is 1.61. The van der Waals surface area contributed by atoms with E-state index >= 15 is 0 Å². The molecule has 0 atom stereocenters. The number of carboxylic acids is 2. The molecule has 8 nitrogen and oxygen atoms in total. The Morgan fingerprint density at radius 2 is 1.31 bits per heavy atom. The van der Waals surface area contributed by atoms with Crippen LogP contribution < -0.4 is 0 Å². The second-order valence-corrected chi connectivity index (χ2v) is 7.03. The first-order chi connectivity index (χ1) is 13.6. The third-order valence-electron chi connectivity index (χ3n) is 5.37.